The minimum Gasteiger partial charge on any atom is -0.365 e. The van der Waals surface area contributed by atoms with E-state index in [9.17, 15) is 14.0 Å². The predicted molar refractivity (Wildman–Crippen MR) is 90.6 cm³/mol. The number of benzene rings is 1. The normalized spacial score (nSPS) is 12.9. The van der Waals surface area contributed by atoms with Gasteiger partial charge in [-0.1, -0.05) is 0 Å². The summed E-state index contributed by atoms with van der Waals surface area (Å²) < 4.78 is 12.8. The van der Waals surface area contributed by atoms with Gasteiger partial charge in [0.15, 0.2) is 0 Å². The molecule has 120 valence electrons. The van der Waals surface area contributed by atoms with E-state index in [4.69, 9.17) is 5.73 Å². The van der Waals surface area contributed by atoms with E-state index >= 15 is 0 Å². The summed E-state index contributed by atoms with van der Waals surface area (Å²) in [6, 6.07) is 5.97. The second-order valence-corrected chi connectivity index (χ2v) is 7.37. The van der Waals surface area contributed by atoms with Gasteiger partial charge in [0.1, 0.15) is 10.8 Å². The van der Waals surface area contributed by atoms with Crippen LogP contribution in [0.15, 0.2) is 29.2 Å². The molecule has 3 N–H and O–H groups in total. The van der Waals surface area contributed by atoms with Crippen molar-refractivity contribution in [2.75, 3.05) is 11.1 Å². The molecule has 2 amide bonds. The van der Waals surface area contributed by atoms with E-state index in [1.165, 1.54) is 35.2 Å². The van der Waals surface area contributed by atoms with E-state index in [1.54, 1.807) is 12.1 Å². The van der Waals surface area contributed by atoms with Gasteiger partial charge >= 0.3 is 0 Å². The number of nitrogens with two attached hydrogens (primary N) is 1. The minimum atomic E-state index is -0.495. The van der Waals surface area contributed by atoms with E-state index in [2.05, 4.69) is 5.32 Å². The first-order chi connectivity index (χ1) is 11.0. The second-order valence-electron chi connectivity index (χ2n) is 5.22. The van der Waals surface area contributed by atoms with Crippen LogP contribution < -0.4 is 11.1 Å². The number of halogens is 1. The maximum atomic E-state index is 12.8. The van der Waals surface area contributed by atoms with Gasteiger partial charge in [0.25, 0.3) is 5.91 Å². The van der Waals surface area contributed by atoms with E-state index in [0.29, 0.717) is 10.6 Å². The van der Waals surface area contributed by atoms with Crippen LogP contribution in [-0.2, 0) is 17.6 Å². The lowest BCUT2D eigenvalue weighted by Crippen LogP contribution is -2.18. The van der Waals surface area contributed by atoms with Crippen molar-refractivity contribution in [3.8, 4) is 0 Å². The van der Waals surface area contributed by atoms with Gasteiger partial charge < -0.3 is 11.1 Å². The molecule has 1 heterocycles. The second kappa shape index (κ2) is 6.72. The van der Waals surface area contributed by atoms with Gasteiger partial charge in [-0.15, -0.1) is 23.1 Å². The van der Waals surface area contributed by atoms with Crippen LogP contribution in [0.1, 0.15) is 27.2 Å². The fourth-order valence-corrected chi connectivity index (χ4v) is 4.60. The highest BCUT2D eigenvalue weighted by molar-refractivity contribution is 8.00. The highest BCUT2D eigenvalue weighted by Crippen LogP contribution is 2.38. The van der Waals surface area contributed by atoms with Crippen LogP contribution in [0.3, 0.4) is 0 Å². The summed E-state index contributed by atoms with van der Waals surface area (Å²) in [6.07, 6.45) is 2.79. The van der Waals surface area contributed by atoms with Crippen LogP contribution in [0.5, 0.6) is 0 Å². The van der Waals surface area contributed by atoms with Gasteiger partial charge in [0.2, 0.25) is 5.91 Å². The molecule has 0 unspecified atom stereocenters. The van der Waals surface area contributed by atoms with Crippen molar-refractivity contribution in [3.05, 3.63) is 46.1 Å². The quantitative estimate of drug-likeness (QED) is 0.814. The van der Waals surface area contributed by atoms with Gasteiger partial charge in [-0.05, 0) is 49.1 Å². The molecule has 1 aromatic heterocycles. The van der Waals surface area contributed by atoms with Crippen LogP contribution >= 0.6 is 23.1 Å². The maximum Gasteiger partial charge on any atom is 0.251 e. The third kappa shape index (κ3) is 3.56. The average molecular weight is 350 g/mol. The van der Waals surface area contributed by atoms with Crippen LogP contribution in [0.2, 0.25) is 0 Å². The Morgan fingerprint density at radius 1 is 1.26 bits per heavy atom. The third-order valence-electron chi connectivity index (χ3n) is 3.60. The summed E-state index contributed by atoms with van der Waals surface area (Å²) >= 11 is 2.75. The first kappa shape index (κ1) is 16.0. The topological polar surface area (TPSA) is 72.2 Å². The van der Waals surface area contributed by atoms with E-state index in [0.717, 1.165) is 34.6 Å². The Hall–Kier alpha value is -1.86. The lowest BCUT2D eigenvalue weighted by Gasteiger charge is -2.06. The molecule has 0 bridgehead atoms. The summed E-state index contributed by atoms with van der Waals surface area (Å²) in [5.41, 5.74) is 6.91. The Morgan fingerprint density at radius 2 is 2.00 bits per heavy atom. The smallest absolute Gasteiger partial charge is 0.251 e. The molecule has 1 aliphatic rings. The molecular formula is C16H15FN2O2S2. The van der Waals surface area contributed by atoms with Crippen LogP contribution in [0.4, 0.5) is 9.39 Å². The van der Waals surface area contributed by atoms with E-state index < -0.39 is 5.91 Å². The summed E-state index contributed by atoms with van der Waals surface area (Å²) in [5, 5.41) is 3.33. The molecule has 0 fully saturated rings. The molecule has 0 atom stereocenters. The zero-order valence-electron chi connectivity index (χ0n) is 12.2. The molecule has 0 radical (unpaired) electrons. The molecule has 2 aromatic rings. The van der Waals surface area contributed by atoms with Crippen molar-refractivity contribution in [2.24, 2.45) is 5.73 Å². The van der Waals surface area contributed by atoms with Gasteiger partial charge in [0, 0.05) is 9.77 Å². The van der Waals surface area contributed by atoms with Crippen LogP contribution in [-0.4, -0.2) is 17.6 Å². The zero-order valence-corrected chi connectivity index (χ0v) is 13.9. The molecule has 1 aliphatic carbocycles. The van der Waals surface area contributed by atoms with Gasteiger partial charge in [-0.25, -0.2) is 4.39 Å². The van der Waals surface area contributed by atoms with Crippen molar-refractivity contribution >= 4 is 39.9 Å². The fraction of sp³-hybridized carbons (Fsp3) is 0.250. The number of nitrogens with one attached hydrogen (secondary N) is 1. The molecule has 23 heavy (non-hydrogen) atoms. The fourth-order valence-electron chi connectivity index (χ4n) is 2.60. The predicted octanol–water partition coefficient (Wildman–Crippen LogP) is 3.21. The summed E-state index contributed by atoms with van der Waals surface area (Å²) in [6.45, 7) is 0. The number of anilines is 1. The number of fused-ring (bicyclic) bond motifs is 1. The number of thiophene rings is 1. The number of hydrogen-bond donors (Lipinski definition) is 2. The summed E-state index contributed by atoms with van der Waals surface area (Å²) in [7, 11) is 0. The molecule has 0 saturated carbocycles. The number of primary amides is 1. The van der Waals surface area contributed by atoms with Crippen molar-refractivity contribution in [2.45, 2.75) is 24.2 Å². The monoisotopic (exact) mass is 350 g/mol. The lowest BCUT2D eigenvalue weighted by atomic mass is 10.1. The first-order valence-corrected chi connectivity index (χ1v) is 8.97. The Balaban J connectivity index is 1.66. The Morgan fingerprint density at radius 3 is 2.70 bits per heavy atom. The average Bonchev–Trinajstić information content (AvgIpc) is 3.06. The van der Waals surface area contributed by atoms with Crippen LogP contribution in [0, 0.1) is 5.82 Å². The van der Waals surface area contributed by atoms with Crippen molar-refractivity contribution in [3.63, 3.8) is 0 Å². The molecule has 4 nitrogen and oxygen atoms in total. The Labute approximate surface area is 141 Å². The lowest BCUT2D eigenvalue weighted by molar-refractivity contribution is -0.113. The third-order valence-corrected chi connectivity index (χ3v) is 5.82. The standard InChI is InChI=1S/C16H15FN2O2S2/c17-9-4-6-10(7-5-9)22-8-13(20)19-16-14(15(18)21)11-2-1-3-12(11)23-16/h4-7H,1-3,8H2,(H2,18,21)(H,19,20). The van der Waals surface area contributed by atoms with Crippen molar-refractivity contribution in [1.29, 1.82) is 0 Å². The molecule has 1 aromatic carbocycles. The van der Waals surface area contributed by atoms with Gasteiger partial charge in [-0.2, -0.15) is 0 Å². The molecule has 0 spiro atoms. The Bertz CT molecular complexity index is 756. The van der Waals surface area contributed by atoms with Crippen LogP contribution in [0.25, 0.3) is 0 Å². The van der Waals surface area contributed by atoms with Gasteiger partial charge in [0.05, 0.1) is 11.3 Å². The van der Waals surface area contributed by atoms with E-state index in [-0.39, 0.29) is 17.5 Å². The highest BCUT2D eigenvalue weighted by atomic mass is 32.2. The number of amides is 2. The number of carbonyl (C=O) groups excluding carboxylic acids is 2. The first-order valence-electron chi connectivity index (χ1n) is 7.17. The SMILES string of the molecule is NC(=O)c1c(NC(=O)CSc2ccc(F)cc2)sc2c1CCC2. The van der Waals surface area contributed by atoms with Crippen molar-refractivity contribution < 1.29 is 14.0 Å². The number of thioether (sulfide) groups is 1. The largest absolute Gasteiger partial charge is 0.365 e. The Kier molecular flexibility index (Phi) is 4.68. The molecule has 3 rings (SSSR count). The number of rotatable bonds is 5. The van der Waals surface area contributed by atoms with E-state index in [1.807, 2.05) is 0 Å². The maximum absolute atomic E-state index is 12.8. The molecule has 7 heteroatoms. The summed E-state index contributed by atoms with van der Waals surface area (Å²) in [4.78, 5) is 25.7. The molecular weight excluding hydrogens is 335 g/mol. The van der Waals surface area contributed by atoms with Crippen molar-refractivity contribution in [1.82, 2.24) is 0 Å². The number of aryl methyl sites for hydroxylation is 1. The van der Waals surface area contributed by atoms with Gasteiger partial charge in [-0.3, -0.25) is 9.59 Å². The minimum absolute atomic E-state index is 0.187. The summed E-state index contributed by atoms with van der Waals surface area (Å²) in [5.74, 6) is -0.822. The number of hydrogen-bond acceptors (Lipinski definition) is 4. The highest BCUT2D eigenvalue weighted by Gasteiger charge is 2.26. The molecule has 0 aliphatic heterocycles. The zero-order chi connectivity index (χ0) is 16.4. The molecule has 0 saturated heterocycles. The number of carbonyl (C=O) groups is 2.